The molecule has 106 valence electrons. The molecule has 0 aliphatic heterocycles. The van der Waals surface area contributed by atoms with Gasteiger partial charge < -0.3 is 25.5 Å². The molecule has 0 amide bonds. The third kappa shape index (κ3) is 4.69. The summed E-state index contributed by atoms with van der Waals surface area (Å²) in [5, 5.41) is 46.4. The molecule has 0 radical (unpaired) electrons. The lowest BCUT2D eigenvalue weighted by Crippen LogP contribution is -2.45. The second kappa shape index (κ2) is 7.42. The quantitative estimate of drug-likeness (QED) is 0.361. The lowest BCUT2D eigenvalue weighted by Gasteiger charge is -2.26. The van der Waals surface area contributed by atoms with E-state index >= 15 is 0 Å². The standard InChI is InChI=1S/C11H20O7/c1-3-7(13)10(16)9(15)6(11(17)18)4-8(14)5(2)12/h5-7,9-10,12-13,15-16H,3-4H2,1-2H3,(H,17,18)/t5-,6+,7+,9+,10+/m0/s1. The summed E-state index contributed by atoms with van der Waals surface area (Å²) in [4.78, 5) is 22.2. The van der Waals surface area contributed by atoms with E-state index in [0.29, 0.717) is 0 Å². The van der Waals surface area contributed by atoms with Crippen LogP contribution in [-0.2, 0) is 9.59 Å². The number of carbonyl (C=O) groups excluding carboxylic acids is 1. The fourth-order valence-corrected chi connectivity index (χ4v) is 1.45. The number of aliphatic carboxylic acids is 1. The summed E-state index contributed by atoms with van der Waals surface area (Å²) in [6, 6.07) is 0. The molecule has 0 heterocycles. The van der Waals surface area contributed by atoms with Crippen LogP contribution in [0.15, 0.2) is 0 Å². The Labute approximate surface area is 105 Å². The highest BCUT2D eigenvalue weighted by Gasteiger charge is 2.36. The minimum absolute atomic E-state index is 0.134. The molecule has 0 aromatic rings. The van der Waals surface area contributed by atoms with Crippen molar-refractivity contribution in [2.75, 3.05) is 0 Å². The lowest BCUT2D eigenvalue weighted by molar-refractivity contribution is -0.156. The molecular formula is C11H20O7. The Bertz CT molecular complexity index is 289. The molecule has 5 N–H and O–H groups in total. The predicted octanol–water partition coefficient (Wildman–Crippen LogP) is -1.48. The van der Waals surface area contributed by atoms with Crippen LogP contribution in [0, 0.1) is 5.92 Å². The molecule has 0 rings (SSSR count). The zero-order chi connectivity index (χ0) is 14.5. The number of carbonyl (C=O) groups is 2. The van der Waals surface area contributed by atoms with Gasteiger partial charge in [-0.25, -0.2) is 0 Å². The van der Waals surface area contributed by atoms with Crippen LogP contribution >= 0.6 is 0 Å². The van der Waals surface area contributed by atoms with E-state index in [4.69, 9.17) is 10.2 Å². The fraction of sp³-hybridized carbons (Fsp3) is 0.818. The Morgan fingerprint density at radius 3 is 1.89 bits per heavy atom. The number of carboxylic acid groups (broad SMARTS) is 1. The largest absolute Gasteiger partial charge is 0.481 e. The van der Waals surface area contributed by atoms with Gasteiger partial charge in [0.05, 0.1) is 18.1 Å². The van der Waals surface area contributed by atoms with Gasteiger partial charge >= 0.3 is 5.97 Å². The maximum absolute atomic E-state index is 11.3. The second-order valence-corrected chi connectivity index (χ2v) is 4.25. The van der Waals surface area contributed by atoms with Gasteiger partial charge in [0.15, 0.2) is 5.78 Å². The smallest absolute Gasteiger partial charge is 0.309 e. The van der Waals surface area contributed by atoms with E-state index in [1.54, 1.807) is 6.92 Å². The summed E-state index contributed by atoms with van der Waals surface area (Å²) in [6.07, 6.45) is -6.52. The van der Waals surface area contributed by atoms with Crippen molar-refractivity contribution in [1.29, 1.82) is 0 Å². The lowest BCUT2D eigenvalue weighted by atomic mass is 9.89. The molecular weight excluding hydrogens is 244 g/mol. The van der Waals surface area contributed by atoms with E-state index in [9.17, 15) is 24.9 Å². The van der Waals surface area contributed by atoms with Gasteiger partial charge in [0.2, 0.25) is 0 Å². The average Bonchev–Trinajstić information content (AvgIpc) is 2.32. The number of aliphatic hydroxyl groups is 4. The monoisotopic (exact) mass is 264 g/mol. The molecule has 7 heteroatoms. The van der Waals surface area contributed by atoms with E-state index in [-0.39, 0.29) is 6.42 Å². The van der Waals surface area contributed by atoms with Gasteiger partial charge in [0.1, 0.15) is 12.2 Å². The predicted molar refractivity (Wildman–Crippen MR) is 60.7 cm³/mol. The molecule has 0 saturated carbocycles. The Morgan fingerprint density at radius 1 is 1.06 bits per heavy atom. The number of Topliss-reactive ketones (excluding diaryl/α,β-unsaturated/α-hetero) is 1. The minimum Gasteiger partial charge on any atom is -0.481 e. The Morgan fingerprint density at radius 2 is 1.56 bits per heavy atom. The molecule has 0 aliphatic carbocycles. The molecule has 0 saturated heterocycles. The van der Waals surface area contributed by atoms with Crippen molar-refractivity contribution >= 4 is 11.8 Å². The van der Waals surface area contributed by atoms with Gasteiger partial charge in [0, 0.05) is 6.42 Å². The number of rotatable bonds is 8. The van der Waals surface area contributed by atoms with Crippen LogP contribution in [0.2, 0.25) is 0 Å². The van der Waals surface area contributed by atoms with Crippen molar-refractivity contribution in [3.8, 4) is 0 Å². The van der Waals surface area contributed by atoms with Crippen molar-refractivity contribution in [2.45, 2.75) is 51.1 Å². The Hall–Kier alpha value is -1.02. The highest BCUT2D eigenvalue weighted by molar-refractivity contribution is 5.86. The highest BCUT2D eigenvalue weighted by Crippen LogP contribution is 2.17. The molecule has 0 unspecified atom stereocenters. The van der Waals surface area contributed by atoms with Gasteiger partial charge in [0.25, 0.3) is 0 Å². The summed E-state index contributed by atoms with van der Waals surface area (Å²) in [5.74, 6) is -3.79. The van der Waals surface area contributed by atoms with Crippen molar-refractivity contribution < 1.29 is 35.1 Å². The molecule has 0 aromatic carbocycles. The first-order chi connectivity index (χ1) is 8.22. The van der Waals surface area contributed by atoms with Gasteiger partial charge in [-0.05, 0) is 13.3 Å². The minimum atomic E-state index is -1.78. The van der Waals surface area contributed by atoms with Gasteiger partial charge in [-0.2, -0.15) is 0 Å². The van der Waals surface area contributed by atoms with Crippen molar-refractivity contribution in [1.82, 2.24) is 0 Å². The summed E-state index contributed by atoms with van der Waals surface area (Å²) >= 11 is 0. The van der Waals surface area contributed by atoms with Crippen LogP contribution in [0.3, 0.4) is 0 Å². The summed E-state index contributed by atoms with van der Waals surface area (Å²) in [5.41, 5.74) is 0. The van der Waals surface area contributed by atoms with Crippen LogP contribution in [0.25, 0.3) is 0 Å². The van der Waals surface area contributed by atoms with Crippen molar-refractivity contribution in [2.24, 2.45) is 5.92 Å². The maximum Gasteiger partial charge on any atom is 0.309 e. The van der Waals surface area contributed by atoms with E-state index < -0.39 is 48.5 Å². The molecule has 0 aliphatic rings. The first-order valence-electron chi connectivity index (χ1n) is 5.70. The molecule has 5 atom stereocenters. The number of hydrogen-bond acceptors (Lipinski definition) is 6. The molecule has 0 aromatic heterocycles. The third-order valence-electron chi connectivity index (χ3n) is 2.78. The van der Waals surface area contributed by atoms with Gasteiger partial charge in [-0.3, -0.25) is 9.59 Å². The number of ketones is 1. The van der Waals surface area contributed by atoms with Gasteiger partial charge in [-0.1, -0.05) is 6.92 Å². The maximum atomic E-state index is 11.3. The van der Waals surface area contributed by atoms with Crippen molar-refractivity contribution in [3.05, 3.63) is 0 Å². The zero-order valence-electron chi connectivity index (χ0n) is 10.4. The second-order valence-electron chi connectivity index (χ2n) is 4.25. The molecule has 18 heavy (non-hydrogen) atoms. The van der Waals surface area contributed by atoms with Crippen LogP contribution in [-0.4, -0.2) is 61.7 Å². The SMILES string of the molecule is CC[C@@H](O)[C@@H](O)[C@H](O)[C@@H](CC(=O)[C@H](C)O)C(=O)O. The van der Waals surface area contributed by atoms with Crippen LogP contribution < -0.4 is 0 Å². The number of aliphatic hydroxyl groups excluding tert-OH is 4. The Balaban J connectivity index is 4.79. The van der Waals surface area contributed by atoms with Crippen molar-refractivity contribution in [3.63, 3.8) is 0 Å². The summed E-state index contributed by atoms with van der Waals surface area (Å²) < 4.78 is 0. The van der Waals surface area contributed by atoms with E-state index in [2.05, 4.69) is 0 Å². The summed E-state index contributed by atoms with van der Waals surface area (Å²) in [6.45, 7) is 2.74. The zero-order valence-corrected chi connectivity index (χ0v) is 10.4. The van der Waals surface area contributed by atoms with E-state index in [0.717, 1.165) is 0 Å². The summed E-state index contributed by atoms with van der Waals surface area (Å²) in [7, 11) is 0. The first-order valence-corrected chi connectivity index (χ1v) is 5.70. The first kappa shape index (κ1) is 17.0. The molecule has 0 fully saturated rings. The topological polar surface area (TPSA) is 135 Å². The number of hydrogen-bond donors (Lipinski definition) is 5. The van der Waals surface area contributed by atoms with E-state index in [1.807, 2.05) is 0 Å². The number of carboxylic acids is 1. The van der Waals surface area contributed by atoms with Crippen LogP contribution in [0.4, 0.5) is 0 Å². The fourth-order valence-electron chi connectivity index (χ4n) is 1.45. The van der Waals surface area contributed by atoms with E-state index in [1.165, 1.54) is 6.92 Å². The molecule has 0 spiro atoms. The molecule has 0 bridgehead atoms. The average molecular weight is 264 g/mol. The molecule has 7 nitrogen and oxygen atoms in total. The third-order valence-corrected chi connectivity index (χ3v) is 2.78. The highest BCUT2D eigenvalue weighted by atomic mass is 16.4. The van der Waals surface area contributed by atoms with Gasteiger partial charge in [-0.15, -0.1) is 0 Å². The normalized spacial score (nSPS) is 19.7. The van der Waals surface area contributed by atoms with Crippen LogP contribution in [0.5, 0.6) is 0 Å². The Kier molecular flexibility index (Phi) is 7.00. The van der Waals surface area contributed by atoms with Crippen LogP contribution in [0.1, 0.15) is 26.7 Å².